The van der Waals surface area contributed by atoms with Gasteiger partial charge in [-0.25, -0.2) is 0 Å². The van der Waals surface area contributed by atoms with Crippen LogP contribution in [0.3, 0.4) is 0 Å². The molecule has 3 aromatic carbocycles. The SMILES string of the molecule is O=C(CNc1ccccc1-c1ccccc1)Nc1ccccc1. The van der Waals surface area contributed by atoms with Gasteiger partial charge < -0.3 is 10.6 Å². The Hall–Kier alpha value is -3.07. The van der Waals surface area contributed by atoms with Gasteiger partial charge >= 0.3 is 0 Å². The predicted octanol–water partition coefficient (Wildman–Crippen LogP) is 4.40. The van der Waals surface area contributed by atoms with E-state index in [9.17, 15) is 4.79 Å². The third-order valence-corrected chi connectivity index (χ3v) is 3.51. The molecule has 3 heteroatoms. The average molecular weight is 302 g/mol. The highest BCUT2D eigenvalue weighted by Gasteiger charge is 2.06. The molecule has 0 unspecified atom stereocenters. The molecule has 0 bridgehead atoms. The van der Waals surface area contributed by atoms with Gasteiger partial charge in [-0.3, -0.25) is 4.79 Å². The lowest BCUT2D eigenvalue weighted by atomic mass is 10.0. The molecule has 0 fully saturated rings. The van der Waals surface area contributed by atoms with E-state index in [4.69, 9.17) is 0 Å². The lowest BCUT2D eigenvalue weighted by molar-refractivity contribution is -0.114. The second kappa shape index (κ2) is 7.27. The van der Waals surface area contributed by atoms with Crippen LogP contribution in [0.5, 0.6) is 0 Å². The van der Waals surface area contributed by atoms with Gasteiger partial charge in [0, 0.05) is 16.9 Å². The number of carbonyl (C=O) groups excluding carboxylic acids is 1. The highest BCUT2D eigenvalue weighted by Crippen LogP contribution is 2.27. The quantitative estimate of drug-likeness (QED) is 0.733. The summed E-state index contributed by atoms with van der Waals surface area (Å²) >= 11 is 0. The van der Waals surface area contributed by atoms with E-state index in [1.165, 1.54) is 0 Å². The highest BCUT2D eigenvalue weighted by molar-refractivity contribution is 5.94. The molecule has 0 aliphatic carbocycles. The largest absolute Gasteiger partial charge is 0.376 e. The molecule has 0 radical (unpaired) electrons. The van der Waals surface area contributed by atoms with Crippen LogP contribution in [0.15, 0.2) is 84.9 Å². The minimum Gasteiger partial charge on any atom is -0.376 e. The Balaban J connectivity index is 1.68. The number of nitrogens with one attached hydrogen (secondary N) is 2. The fraction of sp³-hybridized carbons (Fsp3) is 0.0500. The van der Waals surface area contributed by atoms with Crippen molar-refractivity contribution >= 4 is 17.3 Å². The van der Waals surface area contributed by atoms with Crippen molar-refractivity contribution in [2.75, 3.05) is 17.2 Å². The standard InChI is InChI=1S/C20H18N2O/c23-20(22-17-11-5-2-6-12-17)15-21-19-14-8-7-13-18(19)16-9-3-1-4-10-16/h1-14,21H,15H2,(H,22,23). The van der Waals surface area contributed by atoms with Crippen LogP contribution in [-0.2, 0) is 4.79 Å². The number of hydrogen-bond donors (Lipinski definition) is 2. The van der Waals surface area contributed by atoms with Gasteiger partial charge in [-0.15, -0.1) is 0 Å². The van der Waals surface area contributed by atoms with Crippen LogP contribution < -0.4 is 10.6 Å². The van der Waals surface area contributed by atoms with E-state index in [1.54, 1.807) is 0 Å². The summed E-state index contributed by atoms with van der Waals surface area (Å²) in [6.07, 6.45) is 0. The molecule has 3 aromatic rings. The van der Waals surface area contributed by atoms with Crippen molar-refractivity contribution < 1.29 is 4.79 Å². The Labute approximate surface area is 136 Å². The average Bonchev–Trinajstić information content (AvgIpc) is 2.62. The molecule has 0 atom stereocenters. The molecule has 0 saturated carbocycles. The zero-order chi connectivity index (χ0) is 15.9. The molecule has 0 heterocycles. The Morgan fingerprint density at radius 2 is 1.35 bits per heavy atom. The second-order valence-corrected chi connectivity index (χ2v) is 5.18. The van der Waals surface area contributed by atoms with Crippen molar-refractivity contribution in [3.05, 3.63) is 84.9 Å². The summed E-state index contributed by atoms with van der Waals surface area (Å²) in [5.74, 6) is -0.0703. The highest BCUT2D eigenvalue weighted by atomic mass is 16.1. The topological polar surface area (TPSA) is 41.1 Å². The monoisotopic (exact) mass is 302 g/mol. The molecule has 0 aliphatic rings. The van der Waals surface area contributed by atoms with Crippen LogP contribution in [0.25, 0.3) is 11.1 Å². The van der Waals surface area contributed by atoms with E-state index in [0.29, 0.717) is 0 Å². The van der Waals surface area contributed by atoms with E-state index in [-0.39, 0.29) is 12.5 Å². The minimum atomic E-state index is -0.0703. The van der Waals surface area contributed by atoms with E-state index in [2.05, 4.69) is 22.8 Å². The van der Waals surface area contributed by atoms with Gasteiger partial charge in [-0.05, 0) is 23.8 Å². The predicted molar refractivity (Wildman–Crippen MR) is 95.4 cm³/mol. The van der Waals surface area contributed by atoms with Gasteiger partial charge in [-0.2, -0.15) is 0 Å². The van der Waals surface area contributed by atoms with Gasteiger partial charge in [0.05, 0.1) is 6.54 Å². The number of carbonyl (C=O) groups is 1. The number of para-hydroxylation sites is 2. The van der Waals surface area contributed by atoms with Gasteiger partial charge in [-0.1, -0.05) is 66.7 Å². The summed E-state index contributed by atoms with van der Waals surface area (Å²) < 4.78 is 0. The van der Waals surface area contributed by atoms with E-state index >= 15 is 0 Å². The maximum atomic E-state index is 12.1. The summed E-state index contributed by atoms with van der Waals surface area (Å²) in [6, 6.07) is 27.6. The first-order valence-corrected chi connectivity index (χ1v) is 7.56. The van der Waals surface area contributed by atoms with Crippen molar-refractivity contribution in [3.63, 3.8) is 0 Å². The van der Waals surface area contributed by atoms with Crippen molar-refractivity contribution in [1.29, 1.82) is 0 Å². The minimum absolute atomic E-state index is 0.0703. The van der Waals surface area contributed by atoms with Gasteiger partial charge in [0.15, 0.2) is 0 Å². The van der Waals surface area contributed by atoms with Crippen molar-refractivity contribution in [2.24, 2.45) is 0 Å². The summed E-state index contributed by atoms with van der Waals surface area (Å²) in [5, 5.41) is 6.09. The molecule has 0 aromatic heterocycles. The Morgan fingerprint density at radius 3 is 2.09 bits per heavy atom. The molecule has 23 heavy (non-hydrogen) atoms. The maximum Gasteiger partial charge on any atom is 0.243 e. The third-order valence-electron chi connectivity index (χ3n) is 3.51. The van der Waals surface area contributed by atoms with Gasteiger partial charge in [0.1, 0.15) is 0 Å². The molecule has 0 saturated heterocycles. The molecule has 1 amide bonds. The first-order chi connectivity index (χ1) is 11.3. The Kier molecular flexibility index (Phi) is 4.69. The van der Waals surface area contributed by atoms with E-state index < -0.39 is 0 Å². The number of hydrogen-bond acceptors (Lipinski definition) is 2. The number of benzene rings is 3. The van der Waals surface area contributed by atoms with Gasteiger partial charge in [0.2, 0.25) is 5.91 Å². The zero-order valence-electron chi connectivity index (χ0n) is 12.7. The molecule has 114 valence electrons. The number of rotatable bonds is 5. The second-order valence-electron chi connectivity index (χ2n) is 5.18. The number of amides is 1. The van der Waals surface area contributed by atoms with E-state index in [1.807, 2.05) is 72.8 Å². The van der Waals surface area contributed by atoms with Gasteiger partial charge in [0.25, 0.3) is 0 Å². The molecular weight excluding hydrogens is 284 g/mol. The Morgan fingerprint density at radius 1 is 0.739 bits per heavy atom. The maximum absolute atomic E-state index is 12.1. The van der Waals surface area contributed by atoms with Crippen molar-refractivity contribution in [1.82, 2.24) is 0 Å². The third kappa shape index (κ3) is 3.98. The Bertz CT molecular complexity index is 770. The zero-order valence-corrected chi connectivity index (χ0v) is 12.7. The molecule has 0 aliphatic heterocycles. The molecular formula is C20H18N2O. The van der Waals surface area contributed by atoms with Crippen LogP contribution in [0.1, 0.15) is 0 Å². The fourth-order valence-electron chi connectivity index (χ4n) is 2.41. The smallest absolute Gasteiger partial charge is 0.243 e. The van der Waals surface area contributed by atoms with Crippen LogP contribution in [0.4, 0.5) is 11.4 Å². The first-order valence-electron chi connectivity index (χ1n) is 7.56. The molecule has 3 nitrogen and oxygen atoms in total. The van der Waals surface area contributed by atoms with Crippen LogP contribution >= 0.6 is 0 Å². The molecule has 2 N–H and O–H groups in total. The van der Waals surface area contributed by atoms with E-state index in [0.717, 1.165) is 22.5 Å². The lowest BCUT2D eigenvalue weighted by Crippen LogP contribution is -2.21. The van der Waals surface area contributed by atoms with Crippen LogP contribution in [0, 0.1) is 0 Å². The fourth-order valence-corrected chi connectivity index (χ4v) is 2.41. The molecule has 0 spiro atoms. The van der Waals surface area contributed by atoms with Crippen molar-refractivity contribution in [3.8, 4) is 11.1 Å². The van der Waals surface area contributed by atoms with Crippen LogP contribution in [0.2, 0.25) is 0 Å². The summed E-state index contributed by atoms with van der Waals surface area (Å²) in [5.41, 5.74) is 3.96. The summed E-state index contributed by atoms with van der Waals surface area (Å²) in [6.45, 7) is 0.221. The lowest BCUT2D eigenvalue weighted by Gasteiger charge is -2.12. The first kappa shape index (κ1) is 14.9. The number of anilines is 2. The van der Waals surface area contributed by atoms with Crippen molar-refractivity contribution in [2.45, 2.75) is 0 Å². The normalized spacial score (nSPS) is 10.1. The summed E-state index contributed by atoms with van der Waals surface area (Å²) in [4.78, 5) is 12.1. The summed E-state index contributed by atoms with van der Waals surface area (Å²) in [7, 11) is 0. The molecule has 3 rings (SSSR count). The van der Waals surface area contributed by atoms with Crippen LogP contribution in [-0.4, -0.2) is 12.5 Å².